The lowest BCUT2D eigenvalue weighted by Crippen LogP contribution is -2.35. The minimum Gasteiger partial charge on any atom is -0.379 e. The zero-order chi connectivity index (χ0) is 15.5. The summed E-state index contributed by atoms with van der Waals surface area (Å²) in [6.45, 7) is 7.69. The third-order valence-electron chi connectivity index (χ3n) is 3.38. The van der Waals surface area contributed by atoms with E-state index in [1.807, 2.05) is 6.92 Å². The van der Waals surface area contributed by atoms with Crippen LogP contribution in [0.3, 0.4) is 0 Å². The lowest BCUT2D eigenvalue weighted by Gasteiger charge is -2.25. The fourth-order valence-electron chi connectivity index (χ4n) is 2.28. The first-order valence-corrected chi connectivity index (χ1v) is 7.94. The number of morpholine rings is 1. The number of aromatic nitrogens is 2. The highest BCUT2D eigenvalue weighted by atomic mass is 32.1. The van der Waals surface area contributed by atoms with Crippen LogP contribution in [0.2, 0.25) is 0 Å². The van der Waals surface area contributed by atoms with Crippen molar-refractivity contribution in [2.45, 2.75) is 20.4 Å². The Balaban J connectivity index is 1.67. The van der Waals surface area contributed by atoms with Crippen molar-refractivity contribution in [2.75, 3.05) is 31.6 Å². The van der Waals surface area contributed by atoms with Gasteiger partial charge in [-0.1, -0.05) is 5.16 Å². The summed E-state index contributed by atoms with van der Waals surface area (Å²) in [6.07, 6.45) is 0. The Morgan fingerprint density at radius 2 is 2.18 bits per heavy atom. The zero-order valence-electron chi connectivity index (χ0n) is 12.6. The second kappa shape index (κ2) is 6.55. The molecule has 0 atom stereocenters. The highest BCUT2D eigenvalue weighted by Crippen LogP contribution is 2.21. The highest BCUT2D eigenvalue weighted by molar-refractivity contribution is 7.13. The minimum atomic E-state index is -0.198. The van der Waals surface area contributed by atoms with Crippen LogP contribution in [0, 0.1) is 13.8 Å². The minimum absolute atomic E-state index is 0.198. The van der Waals surface area contributed by atoms with Crippen molar-refractivity contribution in [3.05, 3.63) is 27.4 Å². The topological polar surface area (TPSA) is 80.5 Å². The molecule has 2 aromatic heterocycles. The largest absolute Gasteiger partial charge is 0.379 e. The van der Waals surface area contributed by atoms with E-state index in [0.29, 0.717) is 16.5 Å². The van der Waals surface area contributed by atoms with Crippen LogP contribution < -0.4 is 5.32 Å². The fraction of sp³-hybridized carbons (Fsp3) is 0.500. The average molecular weight is 322 g/mol. The van der Waals surface area contributed by atoms with E-state index in [0.717, 1.165) is 43.5 Å². The predicted octanol–water partition coefficient (Wildman–Crippen LogP) is 1.83. The van der Waals surface area contributed by atoms with Crippen molar-refractivity contribution >= 4 is 23.1 Å². The normalized spacial score (nSPS) is 15.9. The van der Waals surface area contributed by atoms with Crippen LogP contribution >= 0.6 is 11.3 Å². The van der Waals surface area contributed by atoms with Gasteiger partial charge in [0.25, 0.3) is 5.91 Å². The van der Waals surface area contributed by atoms with Gasteiger partial charge in [0, 0.05) is 19.2 Å². The lowest BCUT2D eigenvalue weighted by atomic mass is 10.3. The molecule has 22 heavy (non-hydrogen) atoms. The first kappa shape index (κ1) is 15.1. The van der Waals surface area contributed by atoms with Gasteiger partial charge in [-0.2, -0.15) is 0 Å². The van der Waals surface area contributed by atoms with Crippen LogP contribution in [-0.2, 0) is 11.3 Å². The summed E-state index contributed by atoms with van der Waals surface area (Å²) in [5, 5.41) is 7.44. The average Bonchev–Trinajstić information content (AvgIpc) is 3.06. The molecule has 2 aromatic rings. The summed E-state index contributed by atoms with van der Waals surface area (Å²) in [5.74, 6) is 0.880. The number of thiazole rings is 1. The Hall–Kier alpha value is -1.77. The standard InChI is InChI=1S/C14H18N4O3S/c1-9-7-11(17-21-9)16-14(19)13-10(2)15-12(22-13)8-18-3-5-20-6-4-18/h7H,3-6,8H2,1-2H3,(H,16,17,19). The molecule has 1 N–H and O–H groups in total. The molecule has 0 unspecified atom stereocenters. The van der Waals surface area contributed by atoms with Crippen LogP contribution in [0.5, 0.6) is 0 Å². The van der Waals surface area contributed by atoms with Crippen molar-refractivity contribution in [3.8, 4) is 0 Å². The molecule has 0 radical (unpaired) electrons. The third-order valence-corrected chi connectivity index (χ3v) is 4.52. The van der Waals surface area contributed by atoms with Gasteiger partial charge in [0.2, 0.25) is 0 Å². The summed E-state index contributed by atoms with van der Waals surface area (Å²) in [6, 6.07) is 1.68. The molecule has 1 aliphatic rings. The van der Waals surface area contributed by atoms with Gasteiger partial charge < -0.3 is 14.6 Å². The number of nitrogens with zero attached hydrogens (tertiary/aromatic N) is 3. The number of amides is 1. The number of nitrogens with one attached hydrogen (secondary N) is 1. The van der Waals surface area contributed by atoms with Crippen LogP contribution in [0.4, 0.5) is 5.82 Å². The Kier molecular flexibility index (Phi) is 4.51. The maximum Gasteiger partial charge on any atom is 0.268 e. The number of anilines is 1. The molecular weight excluding hydrogens is 304 g/mol. The molecule has 7 nitrogen and oxygen atoms in total. The van der Waals surface area contributed by atoms with Crippen LogP contribution in [0.15, 0.2) is 10.6 Å². The van der Waals surface area contributed by atoms with Gasteiger partial charge in [-0.25, -0.2) is 4.98 Å². The second-order valence-electron chi connectivity index (χ2n) is 5.19. The van der Waals surface area contributed by atoms with Crippen molar-refractivity contribution in [1.82, 2.24) is 15.0 Å². The Morgan fingerprint density at radius 3 is 2.86 bits per heavy atom. The Morgan fingerprint density at radius 1 is 1.41 bits per heavy atom. The molecule has 3 heterocycles. The maximum absolute atomic E-state index is 12.3. The number of hydrogen-bond acceptors (Lipinski definition) is 7. The van der Waals surface area contributed by atoms with Gasteiger partial charge in [-0.3, -0.25) is 9.69 Å². The van der Waals surface area contributed by atoms with Gasteiger partial charge in [0.1, 0.15) is 15.6 Å². The molecular formula is C14H18N4O3S. The first-order chi connectivity index (χ1) is 10.6. The van der Waals surface area contributed by atoms with E-state index in [9.17, 15) is 4.79 Å². The van der Waals surface area contributed by atoms with Crippen LogP contribution in [0.25, 0.3) is 0 Å². The number of hydrogen-bond donors (Lipinski definition) is 1. The van der Waals surface area contributed by atoms with Gasteiger partial charge in [0.15, 0.2) is 5.82 Å². The third kappa shape index (κ3) is 3.52. The first-order valence-electron chi connectivity index (χ1n) is 7.13. The molecule has 3 rings (SSSR count). The number of carbonyl (C=O) groups excluding carboxylic acids is 1. The lowest BCUT2D eigenvalue weighted by molar-refractivity contribution is 0.0341. The molecule has 0 aromatic carbocycles. The number of rotatable bonds is 4. The molecule has 8 heteroatoms. The van der Waals surface area contributed by atoms with E-state index in [1.165, 1.54) is 11.3 Å². The quantitative estimate of drug-likeness (QED) is 0.925. The summed E-state index contributed by atoms with van der Waals surface area (Å²) in [5.41, 5.74) is 0.742. The Bertz CT molecular complexity index is 661. The van der Waals surface area contributed by atoms with Crippen molar-refractivity contribution in [1.29, 1.82) is 0 Å². The number of aryl methyl sites for hydroxylation is 2. The second-order valence-corrected chi connectivity index (χ2v) is 6.27. The SMILES string of the molecule is Cc1cc(NC(=O)c2sc(CN3CCOCC3)nc2C)no1. The van der Waals surface area contributed by atoms with E-state index in [2.05, 4.69) is 20.4 Å². The zero-order valence-corrected chi connectivity index (χ0v) is 13.4. The summed E-state index contributed by atoms with van der Waals surface area (Å²) < 4.78 is 10.3. The molecule has 118 valence electrons. The van der Waals surface area contributed by atoms with E-state index in [4.69, 9.17) is 9.26 Å². The highest BCUT2D eigenvalue weighted by Gasteiger charge is 2.19. The Labute approximate surface area is 132 Å². The molecule has 0 spiro atoms. The van der Waals surface area contributed by atoms with E-state index in [1.54, 1.807) is 13.0 Å². The molecule has 0 saturated carbocycles. The molecule has 0 bridgehead atoms. The van der Waals surface area contributed by atoms with E-state index in [-0.39, 0.29) is 5.91 Å². The summed E-state index contributed by atoms with van der Waals surface area (Å²) in [7, 11) is 0. The van der Waals surface area contributed by atoms with Gasteiger partial charge >= 0.3 is 0 Å². The van der Waals surface area contributed by atoms with E-state index < -0.39 is 0 Å². The van der Waals surface area contributed by atoms with E-state index >= 15 is 0 Å². The number of carbonyl (C=O) groups is 1. The monoisotopic (exact) mass is 322 g/mol. The van der Waals surface area contributed by atoms with Gasteiger partial charge in [-0.15, -0.1) is 11.3 Å². The molecule has 1 amide bonds. The summed E-state index contributed by atoms with van der Waals surface area (Å²) in [4.78, 5) is 19.7. The molecule has 1 saturated heterocycles. The molecule has 1 fully saturated rings. The predicted molar refractivity (Wildman–Crippen MR) is 82.1 cm³/mol. The van der Waals surface area contributed by atoms with Crippen molar-refractivity contribution < 1.29 is 14.1 Å². The van der Waals surface area contributed by atoms with Crippen LogP contribution in [-0.4, -0.2) is 47.3 Å². The summed E-state index contributed by atoms with van der Waals surface area (Å²) >= 11 is 1.42. The van der Waals surface area contributed by atoms with Gasteiger partial charge in [-0.05, 0) is 13.8 Å². The maximum atomic E-state index is 12.3. The van der Waals surface area contributed by atoms with Crippen molar-refractivity contribution in [3.63, 3.8) is 0 Å². The molecule has 1 aliphatic heterocycles. The van der Waals surface area contributed by atoms with Crippen molar-refractivity contribution in [2.24, 2.45) is 0 Å². The van der Waals surface area contributed by atoms with Gasteiger partial charge in [0.05, 0.1) is 25.5 Å². The van der Waals surface area contributed by atoms with Crippen LogP contribution in [0.1, 0.15) is 26.1 Å². The number of ether oxygens (including phenoxy) is 1. The smallest absolute Gasteiger partial charge is 0.268 e. The fourth-order valence-corrected chi connectivity index (χ4v) is 3.28. The molecule has 0 aliphatic carbocycles.